The lowest BCUT2D eigenvalue weighted by molar-refractivity contribution is 0.353. The standard InChI is InChI=1S/C22H20F2N4O3S2/c1-3-6-31-19-11-26-17(10-27-19)16(24)8-13-4-5-15(23)14(7-13)21(2)18-9-22(18,12-33(29)30)32-20(25)28-21/h1,4-5,7-8,10-11,18,33H,6,9,12H2,2H3,(H2,25,28)/b16-8-/t18-,21+,22-/m0/s1. The summed E-state index contributed by atoms with van der Waals surface area (Å²) in [5, 5.41) is 0.206. The van der Waals surface area contributed by atoms with Crippen LogP contribution in [0.15, 0.2) is 35.6 Å². The molecular formula is C22H20F2N4O3S2. The van der Waals surface area contributed by atoms with Gasteiger partial charge in [-0.3, -0.25) is 4.99 Å². The zero-order valence-corrected chi connectivity index (χ0v) is 19.2. The Labute approximate surface area is 195 Å². The van der Waals surface area contributed by atoms with Crippen LogP contribution in [0, 0.1) is 24.1 Å². The van der Waals surface area contributed by atoms with Gasteiger partial charge in [-0.1, -0.05) is 23.7 Å². The number of nitrogens with two attached hydrogens (primary N) is 1. The summed E-state index contributed by atoms with van der Waals surface area (Å²) < 4.78 is 57.0. The number of amidine groups is 1. The second-order valence-corrected chi connectivity index (χ2v) is 10.4. The van der Waals surface area contributed by atoms with Crippen LogP contribution >= 0.6 is 11.8 Å². The number of thioether (sulfide) groups is 1. The van der Waals surface area contributed by atoms with Crippen molar-refractivity contribution in [2.45, 2.75) is 23.6 Å². The van der Waals surface area contributed by atoms with Gasteiger partial charge in [-0.2, -0.15) is 0 Å². The monoisotopic (exact) mass is 490 g/mol. The Kier molecular flexibility index (Phi) is 6.16. The quantitative estimate of drug-likeness (QED) is 0.454. The molecule has 4 rings (SSSR count). The molecule has 0 spiro atoms. The highest BCUT2D eigenvalue weighted by atomic mass is 32.2. The van der Waals surface area contributed by atoms with Gasteiger partial charge in [0.25, 0.3) is 0 Å². The van der Waals surface area contributed by atoms with Crippen LogP contribution in [0.25, 0.3) is 11.9 Å². The van der Waals surface area contributed by atoms with Gasteiger partial charge in [0.2, 0.25) is 5.88 Å². The van der Waals surface area contributed by atoms with E-state index in [1.54, 1.807) is 6.92 Å². The summed E-state index contributed by atoms with van der Waals surface area (Å²) in [5.41, 5.74) is 5.51. The molecule has 0 amide bonds. The summed E-state index contributed by atoms with van der Waals surface area (Å²) >= 11 is 1.23. The Balaban J connectivity index is 1.65. The van der Waals surface area contributed by atoms with Crippen molar-refractivity contribution in [1.82, 2.24) is 9.97 Å². The van der Waals surface area contributed by atoms with Crippen molar-refractivity contribution in [2.75, 3.05) is 12.4 Å². The molecule has 2 aromatic rings. The number of ether oxygens (including phenoxy) is 1. The molecule has 0 radical (unpaired) electrons. The third-order valence-electron chi connectivity index (χ3n) is 5.76. The predicted molar refractivity (Wildman–Crippen MR) is 124 cm³/mol. The SMILES string of the molecule is C#CCOc1cnc(/C(F)=C/c2ccc(F)c([C@@]3(C)N=C(N)S[C@]4(C[SH](=O)=O)C[C@H]43)c2)cn1. The van der Waals surface area contributed by atoms with Crippen LogP contribution in [0.2, 0.25) is 0 Å². The molecule has 3 atom stereocenters. The van der Waals surface area contributed by atoms with E-state index in [-0.39, 0.29) is 40.6 Å². The normalized spacial score (nSPS) is 26.3. The zero-order valence-electron chi connectivity index (χ0n) is 17.5. The van der Waals surface area contributed by atoms with Crippen molar-refractivity contribution < 1.29 is 21.9 Å². The number of nitrogens with zero attached hydrogens (tertiary/aromatic N) is 3. The molecule has 0 bridgehead atoms. The van der Waals surface area contributed by atoms with Crippen LogP contribution in [-0.2, 0) is 16.2 Å². The van der Waals surface area contributed by atoms with Gasteiger partial charge >= 0.3 is 0 Å². The summed E-state index contributed by atoms with van der Waals surface area (Å²) in [5.74, 6) is 0.981. The lowest BCUT2D eigenvalue weighted by atomic mass is 9.85. The molecule has 11 heteroatoms. The molecular weight excluding hydrogens is 470 g/mol. The Bertz CT molecular complexity index is 1270. The number of aliphatic imine (C=N–C) groups is 1. The smallest absolute Gasteiger partial charge is 0.233 e. The molecule has 172 valence electrons. The van der Waals surface area contributed by atoms with Gasteiger partial charge < -0.3 is 10.5 Å². The van der Waals surface area contributed by atoms with Crippen LogP contribution in [-0.4, -0.2) is 40.7 Å². The predicted octanol–water partition coefficient (Wildman–Crippen LogP) is 2.74. The Morgan fingerprint density at radius 3 is 2.88 bits per heavy atom. The second kappa shape index (κ2) is 8.76. The fraction of sp³-hybridized carbons (Fsp3) is 0.318. The number of halogens is 2. The average molecular weight is 491 g/mol. The summed E-state index contributed by atoms with van der Waals surface area (Å²) in [6.07, 6.45) is 9.31. The van der Waals surface area contributed by atoms with Crippen molar-refractivity contribution in [3.05, 3.63) is 53.2 Å². The summed E-state index contributed by atoms with van der Waals surface area (Å²) in [4.78, 5) is 12.4. The minimum atomic E-state index is -2.63. The Morgan fingerprint density at radius 2 is 2.21 bits per heavy atom. The van der Waals surface area contributed by atoms with E-state index in [1.165, 1.54) is 48.4 Å². The van der Waals surface area contributed by atoms with Crippen LogP contribution in [0.1, 0.15) is 30.2 Å². The second-order valence-electron chi connectivity index (χ2n) is 7.98. The first-order valence-corrected chi connectivity index (χ1v) is 12.1. The first-order chi connectivity index (χ1) is 15.7. The van der Waals surface area contributed by atoms with E-state index in [0.29, 0.717) is 12.0 Å². The highest BCUT2D eigenvalue weighted by Crippen LogP contribution is 2.66. The number of terminal acetylenes is 1. The number of fused-ring (bicyclic) bond motifs is 1. The maximum Gasteiger partial charge on any atom is 0.233 e. The first kappa shape index (κ1) is 23.2. The third-order valence-corrected chi connectivity index (χ3v) is 8.09. The van der Waals surface area contributed by atoms with E-state index < -0.39 is 32.6 Å². The maximum atomic E-state index is 14.9. The van der Waals surface area contributed by atoms with Crippen LogP contribution in [0.3, 0.4) is 0 Å². The van der Waals surface area contributed by atoms with Gasteiger partial charge in [0.15, 0.2) is 17.6 Å². The number of hydrogen-bond acceptors (Lipinski definition) is 8. The third kappa shape index (κ3) is 4.58. The van der Waals surface area contributed by atoms with Crippen molar-refractivity contribution in [1.29, 1.82) is 0 Å². The number of hydrogen-bond donors (Lipinski definition) is 2. The van der Waals surface area contributed by atoms with Gasteiger partial charge in [0.05, 0.1) is 23.7 Å². The van der Waals surface area contributed by atoms with E-state index in [2.05, 4.69) is 20.9 Å². The molecule has 2 aliphatic rings. The minimum Gasteiger partial charge on any atom is -0.463 e. The zero-order chi connectivity index (χ0) is 23.8. The van der Waals surface area contributed by atoms with E-state index in [1.807, 2.05) is 0 Å². The van der Waals surface area contributed by atoms with Crippen molar-refractivity contribution >= 4 is 39.5 Å². The van der Waals surface area contributed by atoms with Crippen molar-refractivity contribution in [3.63, 3.8) is 0 Å². The Hall–Kier alpha value is -2.97. The molecule has 1 aliphatic heterocycles. The summed E-state index contributed by atoms with van der Waals surface area (Å²) in [6.45, 7) is 1.75. The van der Waals surface area contributed by atoms with E-state index in [9.17, 15) is 17.2 Å². The Morgan fingerprint density at radius 1 is 1.42 bits per heavy atom. The number of benzene rings is 1. The fourth-order valence-electron chi connectivity index (χ4n) is 4.19. The fourth-order valence-corrected chi connectivity index (χ4v) is 6.83. The summed E-state index contributed by atoms with van der Waals surface area (Å²) in [7, 11) is -2.63. The minimum absolute atomic E-state index is 0.0164. The lowest BCUT2D eigenvalue weighted by Crippen LogP contribution is -2.37. The number of rotatable bonds is 7. The molecule has 1 saturated carbocycles. The number of thiol groups is 1. The topological polar surface area (TPSA) is 108 Å². The van der Waals surface area contributed by atoms with Crippen molar-refractivity contribution in [2.24, 2.45) is 16.6 Å². The first-order valence-electron chi connectivity index (χ1n) is 9.89. The lowest BCUT2D eigenvalue weighted by Gasteiger charge is -2.33. The van der Waals surface area contributed by atoms with Crippen LogP contribution < -0.4 is 10.5 Å². The average Bonchev–Trinajstić information content (AvgIpc) is 3.47. The molecule has 1 aromatic heterocycles. The molecule has 33 heavy (non-hydrogen) atoms. The highest BCUT2D eigenvalue weighted by molar-refractivity contribution is 8.15. The molecule has 2 heterocycles. The molecule has 0 saturated heterocycles. The molecule has 1 fully saturated rings. The maximum absolute atomic E-state index is 14.9. The molecule has 2 N–H and O–H groups in total. The van der Waals surface area contributed by atoms with Gasteiger partial charge in [0.1, 0.15) is 22.2 Å². The molecule has 7 nitrogen and oxygen atoms in total. The highest BCUT2D eigenvalue weighted by Gasteiger charge is 2.66. The summed E-state index contributed by atoms with van der Waals surface area (Å²) in [6, 6.07) is 4.16. The van der Waals surface area contributed by atoms with E-state index >= 15 is 0 Å². The van der Waals surface area contributed by atoms with E-state index in [0.717, 1.165) is 0 Å². The van der Waals surface area contributed by atoms with Gasteiger partial charge in [-0.15, -0.1) is 6.42 Å². The van der Waals surface area contributed by atoms with Crippen LogP contribution in [0.4, 0.5) is 8.78 Å². The number of aromatic nitrogens is 2. The van der Waals surface area contributed by atoms with Gasteiger partial charge in [-0.25, -0.2) is 27.2 Å². The van der Waals surface area contributed by atoms with Crippen molar-refractivity contribution in [3.8, 4) is 18.2 Å². The molecule has 1 aliphatic carbocycles. The largest absolute Gasteiger partial charge is 0.463 e. The molecule has 0 unspecified atom stereocenters. The van der Waals surface area contributed by atoms with Gasteiger partial charge in [-0.05, 0) is 37.1 Å². The van der Waals surface area contributed by atoms with Crippen LogP contribution in [0.5, 0.6) is 5.88 Å². The van der Waals surface area contributed by atoms with Gasteiger partial charge in [0, 0.05) is 16.2 Å². The van der Waals surface area contributed by atoms with E-state index in [4.69, 9.17) is 16.9 Å². The molecule has 1 aromatic carbocycles.